The summed E-state index contributed by atoms with van der Waals surface area (Å²) in [6.45, 7) is 8.63. The number of carbonyl (C=O) groups is 1. The van der Waals surface area contributed by atoms with Crippen LogP contribution in [0.15, 0.2) is 0 Å². The van der Waals surface area contributed by atoms with Crippen LogP contribution in [0.3, 0.4) is 0 Å². The Hall–Kier alpha value is -0.610. The average molecular weight is 244 g/mol. The van der Waals surface area contributed by atoms with Gasteiger partial charge in [0, 0.05) is 6.04 Å². The normalized spacial score (nSPS) is 14.7. The molecule has 0 fully saturated rings. The summed E-state index contributed by atoms with van der Waals surface area (Å²) < 4.78 is 0. The van der Waals surface area contributed by atoms with Gasteiger partial charge in [-0.1, -0.05) is 20.8 Å². The third kappa shape index (κ3) is 7.34. The summed E-state index contributed by atoms with van der Waals surface area (Å²) in [6, 6.07) is 0.0765. The summed E-state index contributed by atoms with van der Waals surface area (Å²) in [7, 11) is 0. The number of aliphatic hydroxyl groups is 1. The molecule has 2 unspecified atom stereocenters. The molecule has 0 saturated heterocycles. The Labute approximate surface area is 105 Å². The zero-order chi connectivity index (χ0) is 13.3. The standard InChI is InChI=1S/C13H28N2O2/c1-5-11(6-2)15-13(17)10(4)14-9-8-12(16)7-3/h10-12,14,16H,5-9H2,1-4H3,(H,15,17). The van der Waals surface area contributed by atoms with Crippen molar-refractivity contribution in [3.05, 3.63) is 0 Å². The highest BCUT2D eigenvalue weighted by molar-refractivity contribution is 5.81. The molecule has 0 spiro atoms. The van der Waals surface area contributed by atoms with Gasteiger partial charge in [-0.3, -0.25) is 4.79 Å². The van der Waals surface area contributed by atoms with E-state index in [1.54, 1.807) is 0 Å². The molecule has 0 rings (SSSR count). The summed E-state index contributed by atoms with van der Waals surface area (Å²) in [6.07, 6.45) is 3.11. The maximum Gasteiger partial charge on any atom is 0.237 e. The molecule has 0 heterocycles. The third-order valence-corrected chi connectivity index (χ3v) is 3.12. The Morgan fingerprint density at radius 2 is 1.76 bits per heavy atom. The Bertz CT molecular complexity index is 206. The fourth-order valence-corrected chi connectivity index (χ4v) is 1.58. The molecule has 3 N–H and O–H groups in total. The van der Waals surface area contributed by atoms with E-state index in [1.165, 1.54) is 0 Å². The Morgan fingerprint density at radius 3 is 2.24 bits per heavy atom. The lowest BCUT2D eigenvalue weighted by Crippen LogP contribution is -2.46. The number of amides is 1. The van der Waals surface area contributed by atoms with Gasteiger partial charge in [-0.05, 0) is 39.2 Å². The molecule has 0 aliphatic rings. The minimum atomic E-state index is -0.267. The van der Waals surface area contributed by atoms with Crippen LogP contribution in [0.2, 0.25) is 0 Å². The van der Waals surface area contributed by atoms with Crippen molar-refractivity contribution in [3.63, 3.8) is 0 Å². The molecule has 0 aromatic carbocycles. The van der Waals surface area contributed by atoms with Gasteiger partial charge in [-0.25, -0.2) is 0 Å². The van der Waals surface area contributed by atoms with Gasteiger partial charge < -0.3 is 15.7 Å². The van der Waals surface area contributed by atoms with Gasteiger partial charge >= 0.3 is 0 Å². The van der Waals surface area contributed by atoms with E-state index in [0.717, 1.165) is 19.3 Å². The van der Waals surface area contributed by atoms with Crippen LogP contribution >= 0.6 is 0 Å². The largest absolute Gasteiger partial charge is 0.393 e. The molecule has 0 aliphatic heterocycles. The van der Waals surface area contributed by atoms with Crippen molar-refractivity contribution in [3.8, 4) is 0 Å². The molecule has 17 heavy (non-hydrogen) atoms. The summed E-state index contributed by atoms with van der Waals surface area (Å²) in [4.78, 5) is 11.8. The van der Waals surface area contributed by atoms with Gasteiger partial charge in [0.2, 0.25) is 5.91 Å². The molecule has 4 nitrogen and oxygen atoms in total. The first-order valence-corrected chi connectivity index (χ1v) is 6.76. The van der Waals surface area contributed by atoms with E-state index in [9.17, 15) is 9.90 Å². The van der Waals surface area contributed by atoms with Crippen molar-refractivity contribution in [1.29, 1.82) is 0 Å². The first kappa shape index (κ1) is 16.4. The second-order valence-corrected chi connectivity index (χ2v) is 4.55. The van der Waals surface area contributed by atoms with Gasteiger partial charge in [0.05, 0.1) is 12.1 Å². The predicted molar refractivity (Wildman–Crippen MR) is 70.9 cm³/mol. The monoisotopic (exact) mass is 244 g/mol. The highest BCUT2D eigenvalue weighted by Gasteiger charge is 2.15. The molecule has 102 valence electrons. The van der Waals surface area contributed by atoms with E-state index in [4.69, 9.17) is 0 Å². The Morgan fingerprint density at radius 1 is 1.18 bits per heavy atom. The molecule has 0 saturated carbocycles. The number of aliphatic hydroxyl groups excluding tert-OH is 1. The molecule has 0 aromatic heterocycles. The van der Waals surface area contributed by atoms with Gasteiger partial charge in [0.1, 0.15) is 0 Å². The third-order valence-electron chi connectivity index (χ3n) is 3.12. The number of nitrogens with one attached hydrogen (secondary N) is 2. The first-order chi connectivity index (χ1) is 8.04. The predicted octanol–water partition coefficient (Wildman–Crippen LogP) is 1.43. The molecule has 4 heteroatoms. The van der Waals surface area contributed by atoms with Crippen molar-refractivity contribution in [2.75, 3.05) is 6.54 Å². The molecule has 1 amide bonds. The Balaban J connectivity index is 3.81. The zero-order valence-electron chi connectivity index (χ0n) is 11.6. The minimum absolute atomic E-state index is 0.0460. The summed E-state index contributed by atoms with van der Waals surface area (Å²) in [5.41, 5.74) is 0. The van der Waals surface area contributed by atoms with Crippen LogP contribution in [0.5, 0.6) is 0 Å². The second-order valence-electron chi connectivity index (χ2n) is 4.55. The highest BCUT2D eigenvalue weighted by atomic mass is 16.3. The molecular weight excluding hydrogens is 216 g/mol. The topological polar surface area (TPSA) is 61.4 Å². The van der Waals surface area contributed by atoms with Crippen molar-refractivity contribution >= 4 is 5.91 Å². The highest BCUT2D eigenvalue weighted by Crippen LogP contribution is 1.98. The van der Waals surface area contributed by atoms with Crippen molar-refractivity contribution in [2.45, 2.75) is 71.6 Å². The van der Waals surface area contributed by atoms with Crippen LogP contribution in [-0.4, -0.2) is 35.7 Å². The van der Waals surface area contributed by atoms with E-state index >= 15 is 0 Å². The van der Waals surface area contributed by atoms with Crippen LogP contribution in [0, 0.1) is 0 Å². The fraction of sp³-hybridized carbons (Fsp3) is 0.923. The molecule has 0 bridgehead atoms. The van der Waals surface area contributed by atoms with Crippen LogP contribution in [0.1, 0.15) is 53.4 Å². The first-order valence-electron chi connectivity index (χ1n) is 6.76. The van der Waals surface area contributed by atoms with Crippen LogP contribution in [0.4, 0.5) is 0 Å². The lowest BCUT2D eigenvalue weighted by molar-refractivity contribution is -0.123. The number of hydrogen-bond acceptors (Lipinski definition) is 3. The zero-order valence-corrected chi connectivity index (χ0v) is 11.6. The molecule has 0 aliphatic carbocycles. The fourth-order valence-electron chi connectivity index (χ4n) is 1.58. The molecular formula is C13H28N2O2. The smallest absolute Gasteiger partial charge is 0.237 e. The van der Waals surface area contributed by atoms with Crippen molar-refractivity contribution < 1.29 is 9.90 Å². The number of carbonyl (C=O) groups excluding carboxylic acids is 1. The molecule has 0 radical (unpaired) electrons. The van der Waals surface area contributed by atoms with Crippen molar-refractivity contribution in [1.82, 2.24) is 10.6 Å². The lowest BCUT2D eigenvalue weighted by Gasteiger charge is -2.19. The van der Waals surface area contributed by atoms with E-state index in [0.29, 0.717) is 13.0 Å². The maximum absolute atomic E-state index is 11.8. The van der Waals surface area contributed by atoms with Crippen molar-refractivity contribution in [2.24, 2.45) is 0 Å². The molecule has 0 aromatic rings. The molecule has 2 atom stereocenters. The van der Waals surface area contributed by atoms with Gasteiger partial charge in [0.15, 0.2) is 0 Å². The van der Waals surface area contributed by atoms with E-state index in [-0.39, 0.29) is 24.1 Å². The lowest BCUT2D eigenvalue weighted by atomic mass is 10.1. The second kappa shape index (κ2) is 9.42. The average Bonchev–Trinajstić information content (AvgIpc) is 2.34. The van der Waals surface area contributed by atoms with Crippen LogP contribution < -0.4 is 10.6 Å². The SMILES string of the molecule is CCC(O)CCNC(C)C(=O)NC(CC)CC. The number of hydrogen-bond donors (Lipinski definition) is 3. The van der Waals surface area contributed by atoms with Gasteiger partial charge in [-0.2, -0.15) is 0 Å². The van der Waals surface area contributed by atoms with Gasteiger partial charge in [-0.15, -0.1) is 0 Å². The van der Waals surface area contributed by atoms with E-state index < -0.39 is 0 Å². The van der Waals surface area contributed by atoms with E-state index in [1.807, 2.05) is 13.8 Å². The quantitative estimate of drug-likeness (QED) is 0.575. The van der Waals surface area contributed by atoms with E-state index in [2.05, 4.69) is 24.5 Å². The summed E-state index contributed by atoms with van der Waals surface area (Å²) in [5.74, 6) is 0.0460. The number of rotatable bonds is 9. The summed E-state index contributed by atoms with van der Waals surface area (Å²) >= 11 is 0. The maximum atomic E-state index is 11.8. The van der Waals surface area contributed by atoms with Gasteiger partial charge in [0.25, 0.3) is 0 Å². The van der Waals surface area contributed by atoms with Crippen LogP contribution in [0.25, 0.3) is 0 Å². The minimum Gasteiger partial charge on any atom is -0.393 e. The summed E-state index contributed by atoms with van der Waals surface area (Å²) in [5, 5.41) is 15.5. The Kier molecular flexibility index (Phi) is 9.09. The van der Waals surface area contributed by atoms with Crippen LogP contribution in [-0.2, 0) is 4.79 Å².